The van der Waals surface area contributed by atoms with Crippen molar-refractivity contribution >= 4 is 27.6 Å². The molecule has 0 aromatic heterocycles. The summed E-state index contributed by atoms with van der Waals surface area (Å²) < 4.78 is 32.4. The number of ether oxygens (including phenoxy) is 1. The molecule has 0 bridgehead atoms. The van der Waals surface area contributed by atoms with E-state index in [1.54, 1.807) is 61.5 Å². The van der Waals surface area contributed by atoms with Gasteiger partial charge >= 0.3 is 5.97 Å². The van der Waals surface area contributed by atoms with Crippen molar-refractivity contribution in [2.45, 2.75) is 30.8 Å². The minimum absolute atomic E-state index is 0.221. The van der Waals surface area contributed by atoms with E-state index in [1.165, 1.54) is 10.4 Å². The Morgan fingerprint density at radius 2 is 1.78 bits per heavy atom. The number of benzene rings is 2. The van der Waals surface area contributed by atoms with Crippen LogP contribution in [0.15, 0.2) is 65.6 Å². The summed E-state index contributed by atoms with van der Waals surface area (Å²) in [5.41, 5.74) is 1.79. The number of esters is 1. The SMILES string of the molecule is CCOC(=O)/C=C/[C@@H]1[C@H](c2ccc(Cl)cc2)N1S(=O)(=O)c1ccc(C)cc1. The van der Waals surface area contributed by atoms with Crippen molar-refractivity contribution in [1.82, 2.24) is 4.31 Å². The summed E-state index contributed by atoms with van der Waals surface area (Å²) >= 11 is 5.94. The summed E-state index contributed by atoms with van der Waals surface area (Å²) in [5, 5.41) is 0.575. The molecule has 7 heteroatoms. The Morgan fingerprint density at radius 1 is 1.15 bits per heavy atom. The van der Waals surface area contributed by atoms with Crippen LogP contribution in [0.1, 0.15) is 24.1 Å². The molecule has 1 saturated heterocycles. The molecule has 0 N–H and O–H groups in total. The molecule has 1 heterocycles. The average molecular weight is 406 g/mol. The molecule has 0 amide bonds. The quantitative estimate of drug-likeness (QED) is 0.415. The normalized spacial score (nSPS) is 22.0. The first kappa shape index (κ1) is 19.6. The number of hydrogen-bond donors (Lipinski definition) is 0. The Bertz CT molecular complexity index is 952. The maximum Gasteiger partial charge on any atom is 0.330 e. The van der Waals surface area contributed by atoms with Crippen molar-refractivity contribution in [2.24, 2.45) is 0 Å². The number of carbonyl (C=O) groups is 1. The van der Waals surface area contributed by atoms with Gasteiger partial charge < -0.3 is 4.74 Å². The highest BCUT2D eigenvalue weighted by Crippen LogP contribution is 2.48. The van der Waals surface area contributed by atoms with Gasteiger partial charge in [-0.15, -0.1) is 0 Å². The topological polar surface area (TPSA) is 63.5 Å². The molecule has 0 radical (unpaired) electrons. The fourth-order valence-corrected chi connectivity index (χ4v) is 4.78. The van der Waals surface area contributed by atoms with E-state index in [-0.39, 0.29) is 17.5 Å². The van der Waals surface area contributed by atoms with Gasteiger partial charge in [0.05, 0.1) is 23.6 Å². The van der Waals surface area contributed by atoms with Gasteiger partial charge in [0.1, 0.15) is 0 Å². The van der Waals surface area contributed by atoms with Crippen molar-refractivity contribution in [2.75, 3.05) is 6.61 Å². The van der Waals surface area contributed by atoms with Crippen LogP contribution in [0.5, 0.6) is 0 Å². The van der Waals surface area contributed by atoms with Crippen molar-refractivity contribution in [3.05, 3.63) is 76.8 Å². The number of aryl methyl sites for hydroxylation is 1. The number of sulfonamides is 1. The highest BCUT2D eigenvalue weighted by atomic mass is 35.5. The standard InChI is InChI=1S/C20H20ClNO4S/c1-3-26-19(23)13-12-18-20(15-6-8-16(21)9-7-15)22(18)27(24,25)17-10-4-14(2)5-11-17/h4-13,18,20H,3H2,1-2H3/b13-12+/t18-,20+,22?/m1/s1. The second-order valence-corrected chi connectivity index (χ2v) is 8.53. The number of rotatable bonds is 6. The molecule has 1 unspecified atom stereocenters. The monoisotopic (exact) mass is 405 g/mol. The Kier molecular flexibility index (Phi) is 5.69. The Morgan fingerprint density at radius 3 is 2.37 bits per heavy atom. The smallest absolute Gasteiger partial charge is 0.330 e. The third-order valence-corrected chi connectivity index (χ3v) is 6.47. The van der Waals surface area contributed by atoms with Gasteiger partial charge in [-0.3, -0.25) is 0 Å². The lowest BCUT2D eigenvalue weighted by atomic mass is 10.1. The Labute approximate surface area is 164 Å². The van der Waals surface area contributed by atoms with E-state index in [1.807, 2.05) is 6.92 Å². The van der Waals surface area contributed by atoms with E-state index in [0.29, 0.717) is 5.02 Å². The van der Waals surface area contributed by atoms with Gasteiger partial charge in [0.15, 0.2) is 0 Å². The zero-order valence-electron chi connectivity index (χ0n) is 15.0. The molecular formula is C20H20ClNO4S. The minimum Gasteiger partial charge on any atom is -0.463 e. The first-order valence-electron chi connectivity index (χ1n) is 8.55. The molecule has 5 nitrogen and oxygen atoms in total. The largest absolute Gasteiger partial charge is 0.463 e. The molecular weight excluding hydrogens is 386 g/mol. The third kappa shape index (κ3) is 4.24. The maximum atomic E-state index is 13.1. The van der Waals surface area contributed by atoms with Gasteiger partial charge in [-0.1, -0.05) is 47.5 Å². The lowest BCUT2D eigenvalue weighted by molar-refractivity contribution is -0.137. The number of halogens is 1. The van der Waals surface area contributed by atoms with Gasteiger partial charge in [0, 0.05) is 11.1 Å². The summed E-state index contributed by atoms with van der Waals surface area (Å²) in [6.07, 6.45) is 2.85. The highest BCUT2D eigenvalue weighted by molar-refractivity contribution is 7.89. The van der Waals surface area contributed by atoms with Gasteiger partial charge in [0.2, 0.25) is 10.0 Å². The predicted molar refractivity (Wildman–Crippen MR) is 104 cm³/mol. The van der Waals surface area contributed by atoms with E-state index >= 15 is 0 Å². The Balaban J connectivity index is 1.93. The molecule has 2 aromatic carbocycles. The molecule has 2 aromatic rings. The van der Waals surface area contributed by atoms with Crippen LogP contribution in [-0.4, -0.2) is 31.3 Å². The van der Waals surface area contributed by atoms with Crippen molar-refractivity contribution in [1.29, 1.82) is 0 Å². The molecule has 3 atom stereocenters. The van der Waals surface area contributed by atoms with Gasteiger partial charge in [-0.25, -0.2) is 13.2 Å². The van der Waals surface area contributed by atoms with Gasteiger partial charge in [-0.2, -0.15) is 4.31 Å². The molecule has 3 rings (SSSR count). The summed E-state index contributed by atoms with van der Waals surface area (Å²) in [6, 6.07) is 12.9. The predicted octanol–water partition coefficient (Wildman–Crippen LogP) is 3.88. The van der Waals surface area contributed by atoms with Crippen molar-refractivity contribution < 1.29 is 17.9 Å². The molecule has 0 saturated carbocycles. The first-order chi connectivity index (χ1) is 12.8. The lowest BCUT2D eigenvalue weighted by Gasteiger charge is -2.07. The fraction of sp³-hybridized carbons (Fsp3) is 0.250. The van der Waals surface area contributed by atoms with Crippen LogP contribution in [0.2, 0.25) is 5.02 Å². The summed E-state index contributed by atoms with van der Waals surface area (Å²) in [7, 11) is -3.70. The van der Waals surface area contributed by atoms with Crippen LogP contribution < -0.4 is 0 Å². The highest BCUT2D eigenvalue weighted by Gasteiger charge is 2.54. The molecule has 142 valence electrons. The molecule has 0 aliphatic carbocycles. The fourth-order valence-electron chi connectivity index (χ4n) is 2.93. The molecule has 0 spiro atoms. The molecule has 1 aliphatic heterocycles. The van der Waals surface area contributed by atoms with E-state index in [0.717, 1.165) is 11.1 Å². The summed E-state index contributed by atoms with van der Waals surface area (Å²) in [4.78, 5) is 11.9. The maximum absolute atomic E-state index is 13.1. The molecule has 1 fully saturated rings. The van der Waals surface area contributed by atoms with Gasteiger partial charge in [-0.05, 0) is 43.7 Å². The molecule has 1 aliphatic rings. The first-order valence-corrected chi connectivity index (χ1v) is 10.4. The average Bonchev–Trinajstić information content (AvgIpc) is 3.36. The van der Waals surface area contributed by atoms with Crippen LogP contribution >= 0.6 is 11.6 Å². The van der Waals surface area contributed by atoms with E-state index in [2.05, 4.69) is 0 Å². The summed E-state index contributed by atoms with van der Waals surface area (Å²) in [6.45, 7) is 3.88. The number of nitrogens with zero attached hydrogens (tertiary/aromatic N) is 1. The van der Waals surface area contributed by atoms with E-state index in [9.17, 15) is 13.2 Å². The number of hydrogen-bond acceptors (Lipinski definition) is 4. The summed E-state index contributed by atoms with van der Waals surface area (Å²) in [5.74, 6) is -0.494. The van der Waals surface area contributed by atoms with Crippen LogP contribution in [0, 0.1) is 6.92 Å². The van der Waals surface area contributed by atoms with Gasteiger partial charge in [0.25, 0.3) is 0 Å². The van der Waals surface area contributed by atoms with Crippen LogP contribution in [0.4, 0.5) is 0 Å². The van der Waals surface area contributed by atoms with E-state index < -0.39 is 22.0 Å². The van der Waals surface area contributed by atoms with Crippen LogP contribution in [0.3, 0.4) is 0 Å². The minimum atomic E-state index is -3.70. The zero-order valence-corrected chi connectivity index (χ0v) is 16.6. The number of carbonyl (C=O) groups excluding carboxylic acids is 1. The van der Waals surface area contributed by atoms with E-state index in [4.69, 9.17) is 16.3 Å². The van der Waals surface area contributed by atoms with Crippen molar-refractivity contribution in [3.8, 4) is 0 Å². The van der Waals surface area contributed by atoms with Crippen LogP contribution in [-0.2, 0) is 19.6 Å². The second kappa shape index (κ2) is 7.84. The Hall–Kier alpha value is -2.15. The zero-order chi connectivity index (χ0) is 19.6. The lowest BCUT2D eigenvalue weighted by Crippen LogP contribution is -2.14. The second-order valence-electron chi connectivity index (χ2n) is 6.25. The third-order valence-electron chi connectivity index (χ3n) is 4.33. The molecule has 27 heavy (non-hydrogen) atoms. The van der Waals surface area contributed by atoms with Crippen molar-refractivity contribution in [3.63, 3.8) is 0 Å². The van der Waals surface area contributed by atoms with Crippen LogP contribution in [0.25, 0.3) is 0 Å².